The van der Waals surface area contributed by atoms with Crippen molar-refractivity contribution in [3.8, 4) is 0 Å². The molecule has 0 aliphatic carbocycles. The van der Waals surface area contributed by atoms with Gasteiger partial charge in [-0.3, -0.25) is 4.79 Å². The number of carboxylic acid groups (broad SMARTS) is 1. The van der Waals surface area contributed by atoms with E-state index in [-0.39, 0.29) is 6.42 Å². The van der Waals surface area contributed by atoms with Crippen molar-refractivity contribution in [2.75, 3.05) is 19.6 Å². The Labute approximate surface area is 102 Å². The maximum Gasteiger partial charge on any atom is 0.303 e. The van der Waals surface area contributed by atoms with E-state index < -0.39 is 16.2 Å². The summed E-state index contributed by atoms with van der Waals surface area (Å²) in [5, 5.41) is 8.58. The molecule has 1 fully saturated rings. The van der Waals surface area contributed by atoms with Crippen LogP contribution in [-0.2, 0) is 15.0 Å². The molecule has 0 amide bonds. The van der Waals surface area contributed by atoms with Gasteiger partial charge < -0.3 is 5.11 Å². The fraction of sp³-hybridized carbons (Fsp3) is 0.900. The molecule has 1 heterocycles. The molecule has 100 valence electrons. The summed E-state index contributed by atoms with van der Waals surface area (Å²) in [4.78, 5) is 10.4. The van der Waals surface area contributed by atoms with Gasteiger partial charge in [0.05, 0.1) is 0 Å². The Kier molecular flexibility index (Phi) is 5.35. The van der Waals surface area contributed by atoms with Crippen LogP contribution in [0, 0.1) is 5.92 Å². The minimum absolute atomic E-state index is 0.171. The molecule has 17 heavy (non-hydrogen) atoms. The van der Waals surface area contributed by atoms with Gasteiger partial charge in [-0.2, -0.15) is 12.7 Å². The molecule has 1 rings (SSSR count). The van der Waals surface area contributed by atoms with Gasteiger partial charge in [-0.25, -0.2) is 4.72 Å². The molecule has 0 unspecified atom stereocenters. The normalized spacial score (nSPS) is 19.4. The predicted molar refractivity (Wildman–Crippen MR) is 63.8 cm³/mol. The number of rotatable bonds is 6. The van der Waals surface area contributed by atoms with Crippen LogP contribution in [0.1, 0.15) is 32.6 Å². The quantitative estimate of drug-likeness (QED) is 0.728. The summed E-state index contributed by atoms with van der Waals surface area (Å²) in [6, 6.07) is 0. The Morgan fingerprint density at radius 2 is 2.00 bits per heavy atom. The zero-order valence-electron chi connectivity index (χ0n) is 10.1. The Morgan fingerprint density at radius 1 is 1.41 bits per heavy atom. The molecule has 0 aromatic carbocycles. The molecule has 7 heteroatoms. The molecule has 0 saturated carbocycles. The SMILES string of the molecule is CCNS(=O)(=O)N1CCC(CCC(=O)O)CC1. The van der Waals surface area contributed by atoms with Crippen molar-refractivity contribution >= 4 is 16.2 Å². The van der Waals surface area contributed by atoms with Gasteiger partial charge in [0, 0.05) is 26.1 Å². The lowest BCUT2D eigenvalue weighted by Gasteiger charge is -2.30. The second kappa shape index (κ2) is 6.32. The molecule has 0 spiro atoms. The van der Waals surface area contributed by atoms with Crippen molar-refractivity contribution in [1.29, 1.82) is 0 Å². The number of aliphatic carboxylic acids is 1. The first-order valence-electron chi connectivity index (χ1n) is 5.92. The molecular weight excluding hydrogens is 244 g/mol. The van der Waals surface area contributed by atoms with Crippen molar-refractivity contribution in [1.82, 2.24) is 9.03 Å². The van der Waals surface area contributed by atoms with E-state index >= 15 is 0 Å². The highest BCUT2D eigenvalue weighted by Crippen LogP contribution is 2.23. The van der Waals surface area contributed by atoms with E-state index in [0.717, 1.165) is 12.8 Å². The summed E-state index contributed by atoms with van der Waals surface area (Å²) < 4.78 is 27.3. The molecule has 0 aromatic heterocycles. The number of carbonyl (C=O) groups is 1. The minimum Gasteiger partial charge on any atom is -0.481 e. The average Bonchev–Trinajstić information content (AvgIpc) is 2.27. The number of nitrogens with zero attached hydrogens (tertiary/aromatic N) is 1. The van der Waals surface area contributed by atoms with Gasteiger partial charge in [0.15, 0.2) is 0 Å². The van der Waals surface area contributed by atoms with Gasteiger partial charge in [0.1, 0.15) is 0 Å². The third kappa shape index (κ3) is 4.61. The summed E-state index contributed by atoms with van der Waals surface area (Å²) in [6.45, 7) is 3.11. The van der Waals surface area contributed by atoms with Crippen LogP contribution in [0.4, 0.5) is 0 Å². The molecule has 1 aliphatic rings. The van der Waals surface area contributed by atoms with E-state index in [1.54, 1.807) is 6.92 Å². The fourth-order valence-electron chi connectivity index (χ4n) is 2.04. The topological polar surface area (TPSA) is 86.7 Å². The maximum absolute atomic E-state index is 11.7. The summed E-state index contributed by atoms with van der Waals surface area (Å²) >= 11 is 0. The lowest BCUT2D eigenvalue weighted by Crippen LogP contribution is -2.44. The first kappa shape index (κ1) is 14.4. The predicted octanol–water partition coefficient (Wildman–Crippen LogP) is 0.417. The van der Waals surface area contributed by atoms with E-state index in [1.165, 1.54) is 4.31 Å². The molecule has 0 atom stereocenters. The second-order valence-electron chi connectivity index (χ2n) is 4.28. The van der Waals surface area contributed by atoms with Gasteiger partial charge >= 0.3 is 5.97 Å². The van der Waals surface area contributed by atoms with Gasteiger partial charge in [-0.05, 0) is 25.2 Å². The summed E-state index contributed by atoms with van der Waals surface area (Å²) in [6.07, 6.45) is 2.31. The number of carboxylic acids is 1. The van der Waals surface area contributed by atoms with Crippen molar-refractivity contribution in [3.63, 3.8) is 0 Å². The number of hydrogen-bond acceptors (Lipinski definition) is 3. The van der Waals surface area contributed by atoms with Crippen LogP contribution in [-0.4, -0.2) is 43.4 Å². The lowest BCUT2D eigenvalue weighted by molar-refractivity contribution is -0.137. The smallest absolute Gasteiger partial charge is 0.303 e. The lowest BCUT2D eigenvalue weighted by atomic mass is 9.93. The number of piperidine rings is 1. The standard InChI is InChI=1S/C10H20N2O4S/c1-2-11-17(15,16)12-7-5-9(6-8-12)3-4-10(13)14/h9,11H,2-8H2,1H3,(H,13,14). The minimum atomic E-state index is -3.32. The third-order valence-corrected chi connectivity index (χ3v) is 4.71. The summed E-state index contributed by atoms with van der Waals surface area (Å²) in [5.41, 5.74) is 0. The second-order valence-corrected chi connectivity index (χ2v) is 6.03. The Hall–Kier alpha value is -0.660. The van der Waals surface area contributed by atoms with Crippen molar-refractivity contribution in [2.45, 2.75) is 32.6 Å². The Bertz CT molecular complexity index is 347. The highest BCUT2D eigenvalue weighted by Gasteiger charge is 2.27. The molecule has 0 radical (unpaired) electrons. The van der Waals surface area contributed by atoms with Gasteiger partial charge in [-0.15, -0.1) is 0 Å². The van der Waals surface area contributed by atoms with Crippen molar-refractivity contribution in [3.05, 3.63) is 0 Å². The first-order chi connectivity index (χ1) is 7.95. The molecule has 0 aromatic rings. The molecular formula is C10H20N2O4S. The van der Waals surface area contributed by atoms with Gasteiger partial charge in [-0.1, -0.05) is 6.92 Å². The van der Waals surface area contributed by atoms with Crippen LogP contribution in [0.2, 0.25) is 0 Å². The Morgan fingerprint density at radius 3 is 2.47 bits per heavy atom. The Balaban J connectivity index is 2.38. The maximum atomic E-state index is 11.7. The van der Waals surface area contributed by atoms with Crippen LogP contribution in [0.5, 0.6) is 0 Å². The van der Waals surface area contributed by atoms with E-state index in [2.05, 4.69) is 4.72 Å². The third-order valence-electron chi connectivity index (χ3n) is 3.01. The summed E-state index contributed by atoms with van der Waals surface area (Å²) in [5.74, 6) is -0.452. The zero-order valence-corrected chi connectivity index (χ0v) is 10.9. The zero-order chi connectivity index (χ0) is 12.9. The highest BCUT2D eigenvalue weighted by atomic mass is 32.2. The van der Waals surface area contributed by atoms with Gasteiger partial charge in [0.25, 0.3) is 10.2 Å². The molecule has 2 N–H and O–H groups in total. The van der Waals surface area contributed by atoms with E-state index in [4.69, 9.17) is 5.11 Å². The number of hydrogen-bond donors (Lipinski definition) is 2. The van der Waals surface area contributed by atoms with E-state index in [9.17, 15) is 13.2 Å². The average molecular weight is 264 g/mol. The van der Waals surface area contributed by atoms with Crippen LogP contribution >= 0.6 is 0 Å². The van der Waals surface area contributed by atoms with Gasteiger partial charge in [0.2, 0.25) is 0 Å². The molecule has 6 nitrogen and oxygen atoms in total. The van der Waals surface area contributed by atoms with Crippen LogP contribution < -0.4 is 4.72 Å². The van der Waals surface area contributed by atoms with Crippen LogP contribution in [0.15, 0.2) is 0 Å². The van der Waals surface area contributed by atoms with Crippen LogP contribution in [0.3, 0.4) is 0 Å². The van der Waals surface area contributed by atoms with E-state index in [1.807, 2.05) is 0 Å². The summed E-state index contributed by atoms with van der Waals surface area (Å²) in [7, 11) is -3.32. The first-order valence-corrected chi connectivity index (χ1v) is 7.36. The molecule has 1 aliphatic heterocycles. The number of nitrogens with one attached hydrogen (secondary N) is 1. The van der Waals surface area contributed by atoms with E-state index in [0.29, 0.717) is 32.0 Å². The largest absolute Gasteiger partial charge is 0.481 e. The van der Waals surface area contributed by atoms with Crippen molar-refractivity contribution in [2.24, 2.45) is 5.92 Å². The fourth-order valence-corrected chi connectivity index (χ4v) is 3.28. The highest BCUT2D eigenvalue weighted by molar-refractivity contribution is 7.87. The van der Waals surface area contributed by atoms with Crippen molar-refractivity contribution < 1.29 is 18.3 Å². The van der Waals surface area contributed by atoms with Crippen LogP contribution in [0.25, 0.3) is 0 Å². The molecule has 1 saturated heterocycles. The monoisotopic (exact) mass is 264 g/mol. The molecule has 0 bridgehead atoms.